The molecular weight excluding hydrogens is 282 g/mol. The van der Waals surface area contributed by atoms with E-state index in [0.717, 1.165) is 42.3 Å². The second-order valence-electron chi connectivity index (χ2n) is 5.58. The zero-order valence-electron chi connectivity index (χ0n) is 11.6. The van der Waals surface area contributed by atoms with E-state index < -0.39 is 0 Å². The van der Waals surface area contributed by atoms with Gasteiger partial charge in [-0.1, -0.05) is 18.2 Å². The molecule has 21 heavy (non-hydrogen) atoms. The van der Waals surface area contributed by atoms with Gasteiger partial charge in [0.15, 0.2) is 0 Å². The molecule has 1 saturated heterocycles. The number of aromatic nitrogens is 2. The van der Waals surface area contributed by atoms with Crippen molar-refractivity contribution in [3.63, 3.8) is 0 Å². The molecule has 2 N–H and O–H groups in total. The van der Waals surface area contributed by atoms with Gasteiger partial charge in [0.25, 0.3) is 0 Å². The van der Waals surface area contributed by atoms with Crippen LogP contribution in [0.3, 0.4) is 0 Å². The monoisotopic (exact) mass is 299 g/mol. The van der Waals surface area contributed by atoms with Gasteiger partial charge in [0.05, 0.1) is 11.8 Å². The van der Waals surface area contributed by atoms with Crippen LogP contribution in [0.15, 0.2) is 36.5 Å². The molecule has 1 atom stereocenters. The van der Waals surface area contributed by atoms with Gasteiger partial charge in [-0.3, -0.25) is 4.90 Å². The van der Waals surface area contributed by atoms with Crippen molar-refractivity contribution in [2.24, 2.45) is 0 Å². The summed E-state index contributed by atoms with van der Waals surface area (Å²) in [6.07, 6.45) is 2.68. The number of aliphatic hydroxyl groups excluding tert-OH is 1. The summed E-state index contributed by atoms with van der Waals surface area (Å²) in [5.41, 5.74) is 2.22. The quantitative estimate of drug-likeness (QED) is 0.782. The molecule has 3 heterocycles. The predicted molar refractivity (Wildman–Crippen MR) is 85.3 cm³/mol. The summed E-state index contributed by atoms with van der Waals surface area (Å²) in [6.45, 7) is 2.63. The number of aromatic amines is 1. The van der Waals surface area contributed by atoms with E-state index in [2.05, 4.69) is 33.1 Å². The van der Waals surface area contributed by atoms with Crippen molar-refractivity contribution in [1.82, 2.24) is 14.9 Å². The number of nitrogens with zero attached hydrogens (tertiary/aromatic N) is 2. The number of β-amino-alcohol motifs (C(OH)–C–C–N with tert-alkyl or cyclic N) is 1. The van der Waals surface area contributed by atoms with Gasteiger partial charge in [-0.2, -0.15) is 0 Å². The molecule has 1 unspecified atom stereocenters. The first-order valence-electron chi connectivity index (χ1n) is 7.21. The number of likely N-dealkylation sites (tertiary alicyclic amines) is 1. The van der Waals surface area contributed by atoms with E-state index in [4.69, 9.17) is 0 Å². The van der Waals surface area contributed by atoms with Gasteiger partial charge < -0.3 is 10.1 Å². The van der Waals surface area contributed by atoms with Gasteiger partial charge in [0, 0.05) is 41.6 Å². The van der Waals surface area contributed by atoms with Crippen LogP contribution in [-0.4, -0.2) is 39.2 Å². The van der Waals surface area contributed by atoms with Gasteiger partial charge in [0.1, 0.15) is 5.01 Å². The van der Waals surface area contributed by atoms with Crippen LogP contribution in [0.1, 0.15) is 11.3 Å². The fourth-order valence-corrected chi connectivity index (χ4v) is 3.80. The Morgan fingerprint density at radius 3 is 3.10 bits per heavy atom. The van der Waals surface area contributed by atoms with Crippen molar-refractivity contribution in [3.8, 4) is 10.7 Å². The normalized spacial score (nSPS) is 19.6. The van der Waals surface area contributed by atoms with Crippen molar-refractivity contribution in [2.75, 3.05) is 13.1 Å². The minimum atomic E-state index is -0.161. The molecule has 1 aliphatic heterocycles. The third-order valence-electron chi connectivity index (χ3n) is 3.94. The third kappa shape index (κ3) is 2.60. The smallest absolute Gasteiger partial charge is 0.139 e. The van der Waals surface area contributed by atoms with Crippen molar-refractivity contribution in [3.05, 3.63) is 41.4 Å². The lowest BCUT2D eigenvalue weighted by Gasteiger charge is -2.12. The zero-order chi connectivity index (χ0) is 14.2. The summed E-state index contributed by atoms with van der Waals surface area (Å²) in [6, 6.07) is 10.4. The number of fused-ring (bicyclic) bond motifs is 1. The molecule has 108 valence electrons. The second kappa shape index (κ2) is 5.26. The number of benzene rings is 1. The highest BCUT2D eigenvalue weighted by Crippen LogP contribution is 2.28. The summed E-state index contributed by atoms with van der Waals surface area (Å²) >= 11 is 1.72. The lowest BCUT2D eigenvalue weighted by Crippen LogP contribution is -2.20. The molecule has 5 heteroatoms. The average molecular weight is 299 g/mol. The number of hydrogen-bond donors (Lipinski definition) is 2. The number of nitrogens with one attached hydrogen (secondary N) is 1. The second-order valence-corrected chi connectivity index (χ2v) is 6.69. The Bertz CT molecular complexity index is 731. The van der Waals surface area contributed by atoms with Crippen molar-refractivity contribution < 1.29 is 5.11 Å². The highest BCUT2D eigenvalue weighted by molar-refractivity contribution is 7.15. The molecule has 0 radical (unpaired) electrons. The van der Waals surface area contributed by atoms with Crippen LogP contribution in [0, 0.1) is 0 Å². The van der Waals surface area contributed by atoms with Crippen LogP contribution in [0.5, 0.6) is 0 Å². The molecule has 4 nitrogen and oxygen atoms in total. The molecule has 0 bridgehead atoms. The number of para-hydroxylation sites is 1. The first-order chi connectivity index (χ1) is 10.3. The molecule has 0 amide bonds. The summed E-state index contributed by atoms with van der Waals surface area (Å²) in [5, 5.41) is 11.8. The Balaban J connectivity index is 1.56. The van der Waals surface area contributed by atoms with E-state index in [-0.39, 0.29) is 6.10 Å². The van der Waals surface area contributed by atoms with Crippen LogP contribution in [0.2, 0.25) is 0 Å². The van der Waals surface area contributed by atoms with Gasteiger partial charge in [-0.25, -0.2) is 4.98 Å². The lowest BCUT2D eigenvalue weighted by molar-refractivity contribution is 0.175. The first-order valence-corrected chi connectivity index (χ1v) is 8.03. The molecule has 4 rings (SSSR count). The first kappa shape index (κ1) is 13.0. The molecular formula is C16H17N3OS. The van der Waals surface area contributed by atoms with Gasteiger partial charge >= 0.3 is 0 Å². The van der Waals surface area contributed by atoms with Crippen LogP contribution < -0.4 is 0 Å². The molecule has 0 spiro atoms. The van der Waals surface area contributed by atoms with Gasteiger partial charge in [0.2, 0.25) is 0 Å². The molecule has 0 aliphatic carbocycles. The number of H-pyrrole nitrogens is 1. The van der Waals surface area contributed by atoms with Gasteiger partial charge in [-0.05, 0) is 18.6 Å². The standard InChI is InChI=1S/C16H17N3OS/c20-12-5-6-19(9-12)10-13-8-17-16(21-13)15-7-11-3-1-2-4-14(11)18-15/h1-4,7-8,12,18,20H,5-6,9-10H2. The maximum atomic E-state index is 9.58. The van der Waals surface area contributed by atoms with Crippen LogP contribution >= 0.6 is 11.3 Å². The molecule has 1 aromatic carbocycles. The largest absolute Gasteiger partial charge is 0.392 e. The number of rotatable bonds is 3. The SMILES string of the molecule is OC1CCN(Cc2cnc(-c3cc4ccccc4[nH]3)s2)C1. The van der Waals surface area contributed by atoms with Crippen molar-refractivity contribution >= 4 is 22.2 Å². The number of hydrogen-bond acceptors (Lipinski definition) is 4. The highest BCUT2D eigenvalue weighted by Gasteiger charge is 2.20. The van der Waals surface area contributed by atoms with Crippen molar-refractivity contribution in [1.29, 1.82) is 0 Å². The van der Waals surface area contributed by atoms with E-state index in [9.17, 15) is 5.11 Å². The Morgan fingerprint density at radius 2 is 2.29 bits per heavy atom. The molecule has 1 fully saturated rings. The summed E-state index contributed by atoms with van der Waals surface area (Å²) < 4.78 is 0. The summed E-state index contributed by atoms with van der Waals surface area (Å²) in [4.78, 5) is 11.5. The maximum Gasteiger partial charge on any atom is 0.139 e. The van der Waals surface area contributed by atoms with E-state index in [1.54, 1.807) is 11.3 Å². The van der Waals surface area contributed by atoms with E-state index in [1.165, 1.54) is 10.3 Å². The Hall–Kier alpha value is -1.69. The number of thiazole rings is 1. The Morgan fingerprint density at radius 1 is 1.38 bits per heavy atom. The van der Waals surface area contributed by atoms with Crippen LogP contribution in [-0.2, 0) is 6.54 Å². The Labute approximate surface area is 127 Å². The minimum absolute atomic E-state index is 0.161. The average Bonchev–Trinajstić information content (AvgIpc) is 3.18. The fraction of sp³-hybridized carbons (Fsp3) is 0.312. The van der Waals surface area contributed by atoms with Crippen LogP contribution in [0.25, 0.3) is 21.6 Å². The van der Waals surface area contributed by atoms with E-state index in [0.29, 0.717) is 0 Å². The zero-order valence-corrected chi connectivity index (χ0v) is 12.4. The topological polar surface area (TPSA) is 52.1 Å². The maximum absolute atomic E-state index is 9.58. The van der Waals surface area contributed by atoms with E-state index in [1.807, 2.05) is 18.3 Å². The lowest BCUT2D eigenvalue weighted by atomic mass is 10.2. The predicted octanol–water partition coefficient (Wildman–Crippen LogP) is 2.86. The Kier molecular flexibility index (Phi) is 3.25. The third-order valence-corrected chi connectivity index (χ3v) is 4.96. The fourth-order valence-electron chi connectivity index (χ4n) is 2.87. The van der Waals surface area contributed by atoms with Crippen LogP contribution in [0.4, 0.5) is 0 Å². The summed E-state index contributed by atoms with van der Waals surface area (Å²) in [5.74, 6) is 0. The molecule has 3 aromatic rings. The minimum Gasteiger partial charge on any atom is -0.392 e. The highest BCUT2D eigenvalue weighted by atomic mass is 32.1. The van der Waals surface area contributed by atoms with Crippen molar-refractivity contribution in [2.45, 2.75) is 19.1 Å². The van der Waals surface area contributed by atoms with E-state index >= 15 is 0 Å². The molecule has 0 saturated carbocycles. The molecule has 2 aromatic heterocycles. The summed E-state index contributed by atoms with van der Waals surface area (Å²) in [7, 11) is 0. The molecule has 1 aliphatic rings. The number of aliphatic hydroxyl groups is 1. The van der Waals surface area contributed by atoms with Gasteiger partial charge in [-0.15, -0.1) is 11.3 Å².